The molecule has 0 saturated carbocycles. The first-order valence-electron chi connectivity index (χ1n) is 8.83. The number of hydrogen-bond acceptors (Lipinski definition) is 5. The molecule has 0 fully saturated rings. The van der Waals surface area contributed by atoms with Crippen LogP contribution in [0.4, 0.5) is 5.69 Å². The number of carbonyl (C=O) groups excluding carboxylic acids is 2. The number of amides is 1. The summed E-state index contributed by atoms with van der Waals surface area (Å²) in [6.07, 6.45) is -0.943. The van der Waals surface area contributed by atoms with Crippen LogP contribution in [0.1, 0.15) is 35.3 Å². The van der Waals surface area contributed by atoms with Crippen LogP contribution in [0, 0.1) is 13.8 Å². The Hall–Kier alpha value is -2.87. The summed E-state index contributed by atoms with van der Waals surface area (Å²) in [5.41, 5.74) is 2.46. The van der Waals surface area contributed by atoms with Gasteiger partial charge in [-0.05, 0) is 69.2 Å². The Morgan fingerprint density at radius 3 is 2.32 bits per heavy atom. The van der Waals surface area contributed by atoms with Gasteiger partial charge in [-0.15, -0.1) is 0 Å². The smallest absolute Gasteiger partial charge is 0.338 e. The van der Waals surface area contributed by atoms with Gasteiger partial charge in [0.15, 0.2) is 6.10 Å². The van der Waals surface area contributed by atoms with Gasteiger partial charge >= 0.3 is 5.97 Å². The Balaban J connectivity index is 2.13. The number of esters is 1. The molecule has 0 spiro atoms. The number of rotatable bonds is 7. The molecule has 7 nitrogen and oxygen atoms in total. The predicted molar refractivity (Wildman–Crippen MR) is 107 cm³/mol. The van der Waals surface area contributed by atoms with E-state index >= 15 is 0 Å². The lowest BCUT2D eigenvalue weighted by atomic mass is 10.1. The molecule has 0 heterocycles. The molecular weight excluding hydrogens is 380 g/mol. The molecule has 0 aliphatic heterocycles. The van der Waals surface area contributed by atoms with E-state index in [1.54, 1.807) is 19.1 Å². The van der Waals surface area contributed by atoms with Gasteiger partial charge in [-0.3, -0.25) is 9.52 Å². The van der Waals surface area contributed by atoms with Gasteiger partial charge in [0.1, 0.15) is 0 Å². The maximum atomic E-state index is 12.6. The zero-order valence-electron chi connectivity index (χ0n) is 16.3. The van der Waals surface area contributed by atoms with Gasteiger partial charge in [0.05, 0.1) is 16.1 Å². The van der Waals surface area contributed by atoms with Crippen LogP contribution in [0.25, 0.3) is 0 Å². The molecule has 2 aromatic carbocycles. The highest BCUT2D eigenvalue weighted by molar-refractivity contribution is 7.92. The summed E-state index contributed by atoms with van der Waals surface area (Å²) in [6, 6.07) is 10.7. The number of sulfonamides is 1. The number of ether oxygens (including phenoxy) is 1. The normalized spacial score (nSPS) is 12.1. The molecule has 0 saturated heterocycles. The van der Waals surface area contributed by atoms with Gasteiger partial charge in [-0.1, -0.05) is 12.1 Å². The van der Waals surface area contributed by atoms with Gasteiger partial charge in [-0.25, -0.2) is 13.2 Å². The Labute approximate surface area is 165 Å². The Morgan fingerprint density at radius 1 is 1.07 bits per heavy atom. The molecule has 0 unspecified atom stereocenters. The van der Waals surface area contributed by atoms with E-state index in [1.807, 2.05) is 19.9 Å². The predicted octanol–water partition coefficient (Wildman–Crippen LogP) is 2.79. The maximum Gasteiger partial charge on any atom is 0.338 e. The van der Waals surface area contributed by atoms with Crippen molar-refractivity contribution in [2.45, 2.75) is 38.7 Å². The summed E-state index contributed by atoms with van der Waals surface area (Å²) in [4.78, 5) is 23.8. The fourth-order valence-electron chi connectivity index (χ4n) is 2.44. The van der Waals surface area contributed by atoms with Crippen molar-refractivity contribution in [1.82, 2.24) is 5.32 Å². The third-order valence-corrected chi connectivity index (χ3v) is 5.63. The number of aryl methyl sites for hydroxylation is 1. The van der Waals surface area contributed by atoms with Crippen LogP contribution >= 0.6 is 0 Å². The summed E-state index contributed by atoms with van der Waals surface area (Å²) in [5, 5.41) is 2.56. The highest BCUT2D eigenvalue weighted by Crippen LogP contribution is 2.22. The van der Waals surface area contributed by atoms with Crippen LogP contribution in [-0.4, -0.2) is 32.9 Å². The molecule has 0 bridgehead atoms. The molecule has 1 amide bonds. The number of carbonyl (C=O) groups is 2. The summed E-state index contributed by atoms with van der Waals surface area (Å²) < 4.78 is 32.9. The van der Waals surface area contributed by atoms with E-state index in [2.05, 4.69) is 10.0 Å². The highest BCUT2D eigenvalue weighted by atomic mass is 32.2. The molecule has 0 aromatic heterocycles. The van der Waals surface area contributed by atoms with Crippen molar-refractivity contribution in [3.8, 4) is 0 Å². The second-order valence-corrected chi connectivity index (χ2v) is 8.00. The van der Waals surface area contributed by atoms with Crippen LogP contribution in [0.2, 0.25) is 0 Å². The first kappa shape index (κ1) is 21.4. The second kappa shape index (κ2) is 8.88. The van der Waals surface area contributed by atoms with Crippen molar-refractivity contribution >= 4 is 27.6 Å². The lowest BCUT2D eigenvalue weighted by molar-refractivity contribution is -0.128. The second-order valence-electron chi connectivity index (χ2n) is 6.32. The third kappa shape index (κ3) is 5.10. The third-order valence-electron chi connectivity index (χ3n) is 4.25. The van der Waals surface area contributed by atoms with E-state index in [4.69, 9.17) is 4.74 Å². The first-order chi connectivity index (χ1) is 13.2. The SMILES string of the molecule is CCNC(=O)[C@@H](C)OC(=O)c1ccc(S(=O)(=O)Nc2cccc(C)c2C)cc1. The number of likely N-dealkylation sites (N-methyl/N-ethyl adjacent to an activating group) is 1. The largest absolute Gasteiger partial charge is 0.449 e. The van der Waals surface area contributed by atoms with E-state index in [-0.39, 0.29) is 10.5 Å². The van der Waals surface area contributed by atoms with Crippen LogP contribution < -0.4 is 10.0 Å². The van der Waals surface area contributed by atoms with Gasteiger partial charge in [0, 0.05) is 6.54 Å². The minimum Gasteiger partial charge on any atom is -0.449 e. The fraction of sp³-hybridized carbons (Fsp3) is 0.300. The van der Waals surface area contributed by atoms with Crippen molar-refractivity contribution in [1.29, 1.82) is 0 Å². The van der Waals surface area contributed by atoms with E-state index in [1.165, 1.54) is 31.2 Å². The van der Waals surface area contributed by atoms with Crippen molar-refractivity contribution in [3.05, 3.63) is 59.2 Å². The van der Waals surface area contributed by atoms with Gasteiger partial charge in [0.25, 0.3) is 15.9 Å². The van der Waals surface area contributed by atoms with Crippen LogP contribution in [-0.2, 0) is 19.6 Å². The van der Waals surface area contributed by atoms with Gasteiger partial charge in [0.2, 0.25) is 0 Å². The summed E-state index contributed by atoms with van der Waals surface area (Å²) >= 11 is 0. The van der Waals surface area contributed by atoms with Crippen molar-refractivity contribution in [2.24, 2.45) is 0 Å². The zero-order chi connectivity index (χ0) is 20.9. The summed E-state index contributed by atoms with van der Waals surface area (Å²) in [5.74, 6) is -1.10. The van der Waals surface area contributed by atoms with Crippen LogP contribution in [0.5, 0.6) is 0 Å². The molecule has 2 aromatic rings. The van der Waals surface area contributed by atoms with Gasteiger partial charge < -0.3 is 10.1 Å². The molecule has 0 aliphatic carbocycles. The Bertz CT molecular complexity index is 969. The lowest BCUT2D eigenvalue weighted by Gasteiger charge is -2.14. The summed E-state index contributed by atoms with van der Waals surface area (Å²) in [6.45, 7) is 7.39. The average molecular weight is 404 g/mol. The first-order valence-corrected chi connectivity index (χ1v) is 10.3. The molecule has 28 heavy (non-hydrogen) atoms. The quantitative estimate of drug-likeness (QED) is 0.691. The monoisotopic (exact) mass is 404 g/mol. The lowest BCUT2D eigenvalue weighted by Crippen LogP contribution is -2.35. The fourth-order valence-corrected chi connectivity index (χ4v) is 3.56. The topological polar surface area (TPSA) is 102 Å². The van der Waals surface area contributed by atoms with Gasteiger partial charge in [-0.2, -0.15) is 0 Å². The van der Waals surface area contributed by atoms with E-state index < -0.39 is 28.0 Å². The van der Waals surface area contributed by atoms with Crippen molar-refractivity contribution < 1.29 is 22.7 Å². The molecule has 150 valence electrons. The average Bonchev–Trinajstić information content (AvgIpc) is 2.65. The van der Waals surface area contributed by atoms with Crippen molar-refractivity contribution in [2.75, 3.05) is 11.3 Å². The minimum atomic E-state index is -3.81. The minimum absolute atomic E-state index is 0.0155. The van der Waals surface area contributed by atoms with Crippen molar-refractivity contribution in [3.63, 3.8) is 0 Å². The van der Waals surface area contributed by atoms with E-state index in [9.17, 15) is 18.0 Å². The van der Waals surface area contributed by atoms with E-state index in [0.717, 1.165) is 11.1 Å². The number of anilines is 1. The summed E-state index contributed by atoms with van der Waals surface area (Å²) in [7, 11) is -3.81. The molecule has 8 heteroatoms. The Kier molecular flexibility index (Phi) is 6.80. The molecule has 0 radical (unpaired) electrons. The molecule has 0 aliphatic rings. The molecule has 2 rings (SSSR count). The number of hydrogen-bond donors (Lipinski definition) is 2. The van der Waals surface area contributed by atoms with E-state index in [0.29, 0.717) is 12.2 Å². The highest BCUT2D eigenvalue weighted by Gasteiger charge is 2.20. The zero-order valence-corrected chi connectivity index (χ0v) is 17.1. The molecule has 2 N–H and O–H groups in total. The Morgan fingerprint density at radius 2 is 1.71 bits per heavy atom. The van der Waals surface area contributed by atoms with Crippen LogP contribution in [0.15, 0.2) is 47.4 Å². The number of benzene rings is 2. The number of nitrogens with one attached hydrogen (secondary N) is 2. The standard InChI is InChI=1S/C20H24N2O5S/c1-5-21-19(23)15(4)27-20(24)16-9-11-17(12-10-16)28(25,26)22-18-8-6-7-13(2)14(18)3/h6-12,15,22H,5H2,1-4H3,(H,21,23)/t15-/m1/s1. The van der Waals surface area contributed by atoms with Crippen LogP contribution in [0.3, 0.4) is 0 Å². The molecule has 1 atom stereocenters. The molecular formula is C20H24N2O5S. The maximum absolute atomic E-state index is 12.6.